The van der Waals surface area contributed by atoms with Crippen LogP contribution in [0.1, 0.15) is 6.42 Å². The van der Waals surface area contributed by atoms with Crippen LogP contribution in [0.4, 0.5) is 0 Å². The summed E-state index contributed by atoms with van der Waals surface area (Å²) in [7, 11) is 1.00. The first-order chi connectivity index (χ1) is 3.77. The lowest BCUT2D eigenvalue weighted by Gasteiger charge is -1.82. The van der Waals surface area contributed by atoms with Crippen molar-refractivity contribution in [1.29, 1.82) is 5.26 Å². The number of nitriles is 1. The fraction of sp³-hybridized carbons (Fsp3) is 0.750. The van der Waals surface area contributed by atoms with E-state index in [4.69, 9.17) is 33.6 Å². The van der Waals surface area contributed by atoms with Crippen LogP contribution in [0.15, 0.2) is 0 Å². The molecule has 0 heterocycles. The molecule has 4 heteroatoms. The standard InChI is InChI=1S/C3H3Cl2N.CH4O/c4-3(5)1-2-6;1-2/h3H,1H2;2H,1H3. The summed E-state index contributed by atoms with van der Waals surface area (Å²) in [6.45, 7) is 0. The van der Waals surface area contributed by atoms with E-state index in [9.17, 15) is 0 Å². The predicted octanol–water partition coefficient (Wildman–Crippen LogP) is 1.31. The summed E-state index contributed by atoms with van der Waals surface area (Å²) in [6, 6.07) is 1.80. The lowest BCUT2D eigenvalue weighted by Crippen LogP contribution is -1.78. The van der Waals surface area contributed by atoms with Gasteiger partial charge < -0.3 is 5.11 Å². The number of nitrogens with zero attached hydrogens (tertiary/aromatic N) is 1. The Hall–Kier alpha value is 0.0300. The second-order valence-electron chi connectivity index (χ2n) is 0.753. The van der Waals surface area contributed by atoms with E-state index in [1.165, 1.54) is 0 Å². The molecule has 0 fully saturated rings. The van der Waals surface area contributed by atoms with Crippen molar-refractivity contribution in [2.75, 3.05) is 7.11 Å². The van der Waals surface area contributed by atoms with Gasteiger partial charge in [-0.2, -0.15) is 5.26 Å². The van der Waals surface area contributed by atoms with Crippen LogP contribution in [0.3, 0.4) is 0 Å². The van der Waals surface area contributed by atoms with Crippen molar-refractivity contribution in [3.63, 3.8) is 0 Å². The van der Waals surface area contributed by atoms with E-state index in [0.29, 0.717) is 0 Å². The largest absolute Gasteiger partial charge is 0.400 e. The van der Waals surface area contributed by atoms with Gasteiger partial charge in [-0.05, 0) is 0 Å². The molecular formula is C4H7Cl2NO. The van der Waals surface area contributed by atoms with E-state index in [0.717, 1.165) is 7.11 Å². The molecule has 0 aliphatic heterocycles. The van der Waals surface area contributed by atoms with E-state index in [1.807, 2.05) is 0 Å². The summed E-state index contributed by atoms with van der Waals surface area (Å²) in [5.74, 6) is 0. The van der Waals surface area contributed by atoms with Crippen molar-refractivity contribution < 1.29 is 5.11 Å². The smallest absolute Gasteiger partial charge is 0.120 e. The van der Waals surface area contributed by atoms with Gasteiger partial charge in [-0.25, -0.2) is 0 Å². The quantitative estimate of drug-likeness (QED) is 0.581. The third kappa shape index (κ3) is 16.6. The molecule has 0 rings (SSSR count). The van der Waals surface area contributed by atoms with Gasteiger partial charge in [-0.3, -0.25) is 0 Å². The van der Waals surface area contributed by atoms with Gasteiger partial charge in [-0.1, -0.05) is 0 Å². The highest BCUT2D eigenvalue weighted by atomic mass is 35.5. The summed E-state index contributed by atoms with van der Waals surface area (Å²) in [6.07, 6.45) is 0.211. The highest BCUT2D eigenvalue weighted by Gasteiger charge is 1.91. The van der Waals surface area contributed by atoms with Crippen molar-refractivity contribution in [2.24, 2.45) is 0 Å². The molecule has 0 unspecified atom stereocenters. The van der Waals surface area contributed by atoms with Gasteiger partial charge in [-0.15, -0.1) is 23.2 Å². The number of rotatable bonds is 1. The molecule has 48 valence electrons. The Bertz CT molecular complexity index is 68.9. The molecule has 0 aromatic heterocycles. The predicted molar refractivity (Wildman–Crippen MR) is 33.9 cm³/mol. The highest BCUT2D eigenvalue weighted by molar-refractivity contribution is 6.44. The van der Waals surface area contributed by atoms with Gasteiger partial charge in [0.2, 0.25) is 0 Å². The van der Waals surface area contributed by atoms with E-state index < -0.39 is 4.84 Å². The molecule has 0 atom stereocenters. The second-order valence-corrected chi connectivity index (χ2v) is 2.03. The van der Waals surface area contributed by atoms with Crippen molar-refractivity contribution in [1.82, 2.24) is 0 Å². The first-order valence-electron chi connectivity index (χ1n) is 1.87. The van der Waals surface area contributed by atoms with Crippen molar-refractivity contribution in [2.45, 2.75) is 11.3 Å². The molecular weight excluding hydrogens is 149 g/mol. The van der Waals surface area contributed by atoms with E-state index in [2.05, 4.69) is 0 Å². The lowest BCUT2D eigenvalue weighted by atomic mass is 10.6. The molecule has 8 heavy (non-hydrogen) atoms. The van der Waals surface area contributed by atoms with Crippen LogP contribution in [0.5, 0.6) is 0 Å². The molecule has 0 aromatic carbocycles. The molecule has 0 bridgehead atoms. The number of hydrogen-bond acceptors (Lipinski definition) is 2. The summed E-state index contributed by atoms with van der Waals surface area (Å²) in [5.41, 5.74) is 0. The van der Waals surface area contributed by atoms with Gasteiger partial charge in [0.1, 0.15) is 4.84 Å². The Labute approximate surface area is 58.6 Å². The van der Waals surface area contributed by atoms with Crippen molar-refractivity contribution in [3.05, 3.63) is 0 Å². The molecule has 0 radical (unpaired) electrons. The van der Waals surface area contributed by atoms with Crippen LogP contribution in [0, 0.1) is 11.3 Å². The number of halogens is 2. The van der Waals surface area contributed by atoms with Gasteiger partial charge in [0, 0.05) is 7.11 Å². The molecule has 0 aromatic rings. The summed E-state index contributed by atoms with van der Waals surface area (Å²) >= 11 is 10.2. The first-order valence-corrected chi connectivity index (χ1v) is 2.74. The van der Waals surface area contributed by atoms with E-state index in [-0.39, 0.29) is 6.42 Å². The minimum absolute atomic E-state index is 0.211. The first kappa shape index (κ1) is 10.9. The average Bonchev–Trinajstić information content (AvgIpc) is 1.72. The zero-order chi connectivity index (χ0) is 6.99. The number of hydrogen-bond donors (Lipinski definition) is 1. The summed E-state index contributed by atoms with van der Waals surface area (Å²) in [4.78, 5) is -0.519. The Morgan fingerprint density at radius 1 is 1.62 bits per heavy atom. The molecule has 1 N–H and O–H groups in total. The molecule has 0 amide bonds. The monoisotopic (exact) mass is 155 g/mol. The van der Waals surface area contributed by atoms with Gasteiger partial charge in [0.05, 0.1) is 12.5 Å². The van der Waals surface area contributed by atoms with Gasteiger partial charge in [0.15, 0.2) is 0 Å². The fourth-order valence-electron chi connectivity index (χ4n) is 0.0690. The Morgan fingerprint density at radius 3 is 2.00 bits per heavy atom. The van der Waals surface area contributed by atoms with Crippen molar-refractivity contribution in [3.8, 4) is 6.07 Å². The minimum Gasteiger partial charge on any atom is -0.400 e. The van der Waals surface area contributed by atoms with Crippen molar-refractivity contribution >= 4 is 23.2 Å². The maximum absolute atomic E-state index is 7.82. The van der Waals surface area contributed by atoms with Crippen LogP contribution < -0.4 is 0 Å². The fourth-order valence-corrected chi connectivity index (χ4v) is 0.207. The Kier molecular flexibility index (Phi) is 13.8. The summed E-state index contributed by atoms with van der Waals surface area (Å²) < 4.78 is 0. The molecule has 0 saturated carbocycles. The topological polar surface area (TPSA) is 44.0 Å². The normalized spacial score (nSPS) is 7.00. The zero-order valence-corrected chi connectivity index (χ0v) is 5.95. The Balaban J connectivity index is 0. The van der Waals surface area contributed by atoms with Crippen LogP contribution in [-0.2, 0) is 0 Å². The van der Waals surface area contributed by atoms with Gasteiger partial charge in [0.25, 0.3) is 0 Å². The number of aliphatic hydroxyl groups excluding tert-OH is 1. The third-order valence-electron chi connectivity index (χ3n) is 0.246. The average molecular weight is 156 g/mol. The van der Waals surface area contributed by atoms with Crippen LogP contribution in [-0.4, -0.2) is 17.1 Å². The summed E-state index contributed by atoms with van der Waals surface area (Å²) in [5, 5.41) is 14.8. The number of alkyl halides is 2. The van der Waals surface area contributed by atoms with E-state index in [1.54, 1.807) is 6.07 Å². The highest BCUT2D eigenvalue weighted by Crippen LogP contribution is 2.03. The third-order valence-corrected chi connectivity index (χ3v) is 0.554. The van der Waals surface area contributed by atoms with E-state index >= 15 is 0 Å². The molecule has 0 aliphatic rings. The SMILES string of the molecule is CO.N#CCC(Cl)Cl. The molecule has 0 spiro atoms. The van der Waals surface area contributed by atoms with Gasteiger partial charge >= 0.3 is 0 Å². The maximum atomic E-state index is 7.82. The molecule has 0 aliphatic carbocycles. The van der Waals surface area contributed by atoms with Crippen LogP contribution in [0.2, 0.25) is 0 Å². The second kappa shape index (κ2) is 10.1. The minimum atomic E-state index is -0.519. The number of aliphatic hydroxyl groups is 1. The van der Waals surface area contributed by atoms with Crippen LogP contribution in [0.25, 0.3) is 0 Å². The Morgan fingerprint density at radius 2 is 2.00 bits per heavy atom. The maximum Gasteiger partial charge on any atom is 0.120 e. The zero-order valence-electron chi connectivity index (χ0n) is 4.43. The molecule has 0 saturated heterocycles. The molecule has 2 nitrogen and oxygen atoms in total. The van der Waals surface area contributed by atoms with Crippen LogP contribution >= 0.6 is 23.2 Å². The lowest BCUT2D eigenvalue weighted by molar-refractivity contribution is 0.399.